The van der Waals surface area contributed by atoms with E-state index in [0.717, 1.165) is 6.42 Å². The molecule has 6 nitrogen and oxygen atoms in total. The Labute approximate surface area is 159 Å². The van der Waals surface area contributed by atoms with E-state index in [2.05, 4.69) is 17.6 Å². The van der Waals surface area contributed by atoms with Crippen LogP contribution in [-0.4, -0.2) is 31.6 Å². The summed E-state index contributed by atoms with van der Waals surface area (Å²) in [5.74, 6) is 0.454. The van der Waals surface area contributed by atoms with Gasteiger partial charge in [0.2, 0.25) is 5.91 Å². The number of aryl methyl sites for hydroxylation is 1. The zero-order valence-corrected chi connectivity index (χ0v) is 16.0. The van der Waals surface area contributed by atoms with Gasteiger partial charge in [-0.25, -0.2) is 0 Å². The van der Waals surface area contributed by atoms with Crippen LogP contribution in [0.4, 0.5) is 5.69 Å². The first-order chi connectivity index (χ1) is 13.1. The molecule has 144 valence electrons. The van der Waals surface area contributed by atoms with E-state index in [-0.39, 0.29) is 18.4 Å². The summed E-state index contributed by atoms with van der Waals surface area (Å²) in [7, 11) is 0. The van der Waals surface area contributed by atoms with Gasteiger partial charge in [0.25, 0.3) is 5.91 Å². The van der Waals surface area contributed by atoms with E-state index in [9.17, 15) is 9.59 Å². The van der Waals surface area contributed by atoms with Crippen LogP contribution >= 0.6 is 0 Å². The molecule has 0 unspecified atom stereocenters. The number of hydrogen-bond donors (Lipinski definition) is 2. The highest BCUT2D eigenvalue weighted by Crippen LogP contribution is 2.28. The van der Waals surface area contributed by atoms with Crippen LogP contribution in [0.3, 0.4) is 0 Å². The molecular weight excluding hydrogens is 344 g/mol. The van der Waals surface area contributed by atoms with Crippen molar-refractivity contribution < 1.29 is 19.1 Å². The second-order valence-corrected chi connectivity index (χ2v) is 5.81. The molecule has 2 aromatic rings. The molecule has 2 N–H and O–H groups in total. The molecular formula is C21H26N2O4. The van der Waals surface area contributed by atoms with Crippen LogP contribution in [0, 0.1) is 0 Å². The van der Waals surface area contributed by atoms with E-state index in [0.29, 0.717) is 36.0 Å². The van der Waals surface area contributed by atoms with Gasteiger partial charge in [-0.15, -0.1) is 0 Å². The van der Waals surface area contributed by atoms with Gasteiger partial charge < -0.3 is 20.1 Å². The van der Waals surface area contributed by atoms with Crippen molar-refractivity contribution >= 4 is 17.5 Å². The molecule has 2 aromatic carbocycles. The molecule has 0 heterocycles. The summed E-state index contributed by atoms with van der Waals surface area (Å²) in [6.07, 6.45) is 0.941. The minimum atomic E-state index is -0.351. The number of rotatable bonds is 9. The van der Waals surface area contributed by atoms with Crippen LogP contribution in [0.25, 0.3) is 0 Å². The minimum Gasteiger partial charge on any atom is -0.490 e. The molecule has 0 saturated carbocycles. The van der Waals surface area contributed by atoms with Crippen LogP contribution in [0.2, 0.25) is 0 Å². The average Bonchev–Trinajstić information content (AvgIpc) is 2.68. The minimum absolute atomic E-state index is 0.120. The van der Waals surface area contributed by atoms with Gasteiger partial charge in [-0.2, -0.15) is 0 Å². The SMILES string of the molecule is CCOc1ccc(C(=O)NCC(=O)Nc2ccc(CC)cc2)cc1OCC. The lowest BCUT2D eigenvalue weighted by Gasteiger charge is -2.12. The fourth-order valence-corrected chi connectivity index (χ4v) is 2.48. The summed E-state index contributed by atoms with van der Waals surface area (Å²) in [5, 5.41) is 5.37. The molecule has 27 heavy (non-hydrogen) atoms. The maximum atomic E-state index is 12.3. The smallest absolute Gasteiger partial charge is 0.251 e. The zero-order chi connectivity index (χ0) is 19.6. The number of hydrogen-bond acceptors (Lipinski definition) is 4. The summed E-state index contributed by atoms with van der Waals surface area (Å²) in [4.78, 5) is 24.4. The van der Waals surface area contributed by atoms with Gasteiger partial charge >= 0.3 is 0 Å². The van der Waals surface area contributed by atoms with Crippen molar-refractivity contribution in [1.82, 2.24) is 5.32 Å². The molecule has 0 spiro atoms. The van der Waals surface area contributed by atoms with E-state index in [1.54, 1.807) is 18.2 Å². The fraction of sp³-hybridized carbons (Fsp3) is 0.333. The molecule has 0 aliphatic rings. The van der Waals surface area contributed by atoms with E-state index in [1.807, 2.05) is 38.1 Å². The lowest BCUT2D eigenvalue weighted by Crippen LogP contribution is -2.32. The van der Waals surface area contributed by atoms with E-state index in [1.165, 1.54) is 5.56 Å². The largest absolute Gasteiger partial charge is 0.490 e. The van der Waals surface area contributed by atoms with Crippen molar-refractivity contribution in [3.63, 3.8) is 0 Å². The second-order valence-electron chi connectivity index (χ2n) is 5.81. The number of carbonyl (C=O) groups is 2. The highest BCUT2D eigenvalue weighted by Gasteiger charge is 2.12. The first-order valence-electron chi connectivity index (χ1n) is 9.14. The summed E-state index contributed by atoms with van der Waals surface area (Å²) in [6, 6.07) is 12.6. The van der Waals surface area contributed by atoms with Gasteiger partial charge in [0.1, 0.15) is 0 Å². The molecule has 2 rings (SSSR count). The molecule has 0 aromatic heterocycles. The van der Waals surface area contributed by atoms with Gasteiger partial charge in [0.15, 0.2) is 11.5 Å². The topological polar surface area (TPSA) is 76.7 Å². The maximum absolute atomic E-state index is 12.3. The van der Waals surface area contributed by atoms with E-state index < -0.39 is 0 Å². The van der Waals surface area contributed by atoms with Crippen molar-refractivity contribution in [3.8, 4) is 11.5 Å². The maximum Gasteiger partial charge on any atom is 0.251 e. The average molecular weight is 370 g/mol. The normalized spacial score (nSPS) is 10.2. The summed E-state index contributed by atoms with van der Waals surface area (Å²) >= 11 is 0. The number of amides is 2. The molecule has 0 radical (unpaired) electrons. The molecule has 0 aliphatic heterocycles. The first kappa shape index (κ1) is 20.3. The van der Waals surface area contributed by atoms with Gasteiger partial charge in [0, 0.05) is 11.3 Å². The Balaban J connectivity index is 1.93. The highest BCUT2D eigenvalue weighted by molar-refractivity contribution is 5.99. The van der Waals surface area contributed by atoms with Crippen LogP contribution in [0.1, 0.15) is 36.7 Å². The van der Waals surface area contributed by atoms with Crippen molar-refractivity contribution in [1.29, 1.82) is 0 Å². The third-order valence-electron chi connectivity index (χ3n) is 3.86. The highest BCUT2D eigenvalue weighted by atomic mass is 16.5. The Morgan fingerprint density at radius 1 is 0.889 bits per heavy atom. The van der Waals surface area contributed by atoms with Crippen LogP contribution in [-0.2, 0) is 11.2 Å². The summed E-state index contributed by atoms with van der Waals surface area (Å²) < 4.78 is 11.0. The predicted molar refractivity (Wildman–Crippen MR) is 106 cm³/mol. The van der Waals surface area contributed by atoms with Gasteiger partial charge in [0.05, 0.1) is 19.8 Å². The number of nitrogens with one attached hydrogen (secondary N) is 2. The zero-order valence-electron chi connectivity index (χ0n) is 16.0. The van der Waals surface area contributed by atoms with Gasteiger partial charge in [-0.1, -0.05) is 19.1 Å². The van der Waals surface area contributed by atoms with Crippen LogP contribution < -0.4 is 20.1 Å². The predicted octanol–water partition coefficient (Wildman–Crippen LogP) is 3.41. The van der Waals surface area contributed by atoms with Gasteiger partial charge in [-0.3, -0.25) is 9.59 Å². The van der Waals surface area contributed by atoms with E-state index >= 15 is 0 Å². The number of carbonyl (C=O) groups excluding carboxylic acids is 2. The number of anilines is 1. The van der Waals surface area contributed by atoms with Crippen molar-refractivity contribution in [2.45, 2.75) is 27.2 Å². The standard InChI is InChI=1S/C21H26N2O4/c1-4-15-7-10-17(11-8-15)23-20(24)14-22-21(25)16-9-12-18(26-5-2)19(13-16)27-6-3/h7-13H,4-6,14H2,1-3H3,(H,22,25)(H,23,24). The van der Waals surface area contributed by atoms with E-state index in [4.69, 9.17) is 9.47 Å². The van der Waals surface area contributed by atoms with Crippen molar-refractivity contribution in [2.24, 2.45) is 0 Å². The Morgan fingerprint density at radius 3 is 2.19 bits per heavy atom. The lowest BCUT2D eigenvalue weighted by molar-refractivity contribution is -0.115. The summed E-state index contributed by atoms with van der Waals surface area (Å²) in [6.45, 7) is 6.66. The summed E-state index contributed by atoms with van der Waals surface area (Å²) in [5.41, 5.74) is 2.30. The van der Waals surface area contributed by atoms with Crippen molar-refractivity contribution in [3.05, 3.63) is 53.6 Å². The second kappa shape index (κ2) is 10.2. The monoisotopic (exact) mass is 370 g/mol. The van der Waals surface area contributed by atoms with Crippen LogP contribution in [0.15, 0.2) is 42.5 Å². The number of ether oxygens (including phenoxy) is 2. The molecule has 0 atom stereocenters. The van der Waals surface area contributed by atoms with Crippen LogP contribution in [0.5, 0.6) is 11.5 Å². The quantitative estimate of drug-likeness (QED) is 0.709. The third-order valence-corrected chi connectivity index (χ3v) is 3.86. The Bertz CT molecular complexity index is 772. The Hall–Kier alpha value is -3.02. The molecule has 0 fully saturated rings. The number of benzene rings is 2. The molecule has 0 saturated heterocycles. The fourth-order valence-electron chi connectivity index (χ4n) is 2.48. The first-order valence-corrected chi connectivity index (χ1v) is 9.14. The lowest BCUT2D eigenvalue weighted by atomic mass is 10.1. The molecule has 0 aliphatic carbocycles. The van der Waals surface area contributed by atoms with Gasteiger partial charge in [-0.05, 0) is 56.2 Å². The molecule has 0 bridgehead atoms. The Kier molecular flexibility index (Phi) is 7.67. The molecule has 2 amide bonds. The van der Waals surface area contributed by atoms with Crippen molar-refractivity contribution in [2.75, 3.05) is 25.1 Å². The molecule has 6 heteroatoms. The third kappa shape index (κ3) is 6.02. The Morgan fingerprint density at radius 2 is 1.56 bits per heavy atom.